The maximum atomic E-state index is 11.9. The van der Waals surface area contributed by atoms with Crippen molar-refractivity contribution >= 4 is 37.1 Å². The second-order valence-electron chi connectivity index (χ2n) is 3.02. The van der Waals surface area contributed by atoms with E-state index in [1.807, 2.05) is 11.4 Å². The Morgan fingerprint density at radius 2 is 2.00 bits per heavy atom. The molecule has 84 valence electrons. The first-order chi connectivity index (χ1) is 7.58. The lowest BCUT2D eigenvalue weighted by molar-refractivity contribution is 0.586. The summed E-state index contributed by atoms with van der Waals surface area (Å²) < 4.78 is 24.4. The molecule has 2 heterocycles. The molecule has 16 heavy (non-hydrogen) atoms. The van der Waals surface area contributed by atoms with Crippen molar-refractivity contribution in [1.82, 2.24) is 9.97 Å². The summed E-state index contributed by atoms with van der Waals surface area (Å²) in [5.74, 6) is -0.0493. The lowest BCUT2D eigenvalue weighted by atomic mass is 10.5. The first kappa shape index (κ1) is 11.7. The summed E-state index contributed by atoms with van der Waals surface area (Å²) >= 11 is 4.56. The summed E-state index contributed by atoms with van der Waals surface area (Å²) in [7, 11) is -3.43. The number of hydrogen-bond donors (Lipinski definition) is 0. The van der Waals surface area contributed by atoms with Crippen LogP contribution in [0.25, 0.3) is 0 Å². The second kappa shape index (κ2) is 4.60. The minimum absolute atomic E-state index is 0.0493. The molecular weight excluding hydrogens is 312 g/mol. The van der Waals surface area contributed by atoms with E-state index in [1.54, 1.807) is 6.07 Å². The zero-order chi connectivity index (χ0) is 11.6. The van der Waals surface area contributed by atoms with E-state index in [2.05, 4.69) is 25.9 Å². The minimum atomic E-state index is -3.43. The minimum Gasteiger partial charge on any atom is -0.226 e. The van der Waals surface area contributed by atoms with Crippen molar-refractivity contribution in [2.45, 2.75) is 10.9 Å². The van der Waals surface area contributed by atoms with Gasteiger partial charge in [-0.1, -0.05) is 6.07 Å². The molecule has 0 radical (unpaired) electrons. The van der Waals surface area contributed by atoms with Crippen LogP contribution < -0.4 is 0 Å². The topological polar surface area (TPSA) is 59.9 Å². The van der Waals surface area contributed by atoms with Gasteiger partial charge >= 0.3 is 0 Å². The molecule has 0 amide bonds. The van der Waals surface area contributed by atoms with Crippen LogP contribution in [0.1, 0.15) is 4.88 Å². The van der Waals surface area contributed by atoms with Gasteiger partial charge in [0, 0.05) is 17.3 Å². The third kappa shape index (κ3) is 2.66. The van der Waals surface area contributed by atoms with Gasteiger partial charge in [0.1, 0.15) is 0 Å². The molecule has 0 N–H and O–H groups in total. The Morgan fingerprint density at radius 3 is 2.56 bits per heavy atom. The molecule has 0 saturated carbocycles. The molecule has 0 fully saturated rings. The molecule has 0 aliphatic heterocycles. The van der Waals surface area contributed by atoms with Crippen LogP contribution in [0, 0.1) is 0 Å². The average Bonchev–Trinajstić information content (AvgIpc) is 2.70. The Morgan fingerprint density at radius 1 is 1.31 bits per heavy atom. The van der Waals surface area contributed by atoms with Crippen molar-refractivity contribution in [2.24, 2.45) is 0 Å². The first-order valence-electron chi connectivity index (χ1n) is 4.30. The molecule has 2 aromatic rings. The molecule has 4 nitrogen and oxygen atoms in total. The fraction of sp³-hybridized carbons (Fsp3) is 0.111. The zero-order valence-electron chi connectivity index (χ0n) is 8.00. The number of hydrogen-bond acceptors (Lipinski definition) is 5. The van der Waals surface area contributed by atoms with Gasteiger partial charge in [-0.2, -0.15) is 0 Å². The van der Waals surface area contributed by atoms with Gasteiger partial charge in [0.25, 0.3) is 0 Å². The molecule has 0 aromatic carbocycles. The van der Waals surface area contributed by atoms with E-state index in [0.717, 1.165) is 4.88 Å². The molecule has 0 bridgehead atoms. The molecular formula is C9H7BrN2O2S2. The van der Waals surface area contributed by atoms with Crippen molar-refractivity contribution in [3.63, 3.8) is 0 Å². The normalized spacial score (nSPS) is 11.6. The van der Waals surface area contributed by atoms with Gasteiger partial charge in [-0.25, -0.2) is 18.4 Å². The number of sulfone groups is 1. The molecule has 0 aliphatic rings. The summed E-state index contributed by atoms with van der Waals surface area (Å²) in [6.45, 7) is 0. The van der Waals surface area contributed by atoms with Gasteiger partial charge in [0.2, 0.25) is 15.0 Å². The van der Waals surface area contributed by atoms with Crippen LogP contribution in [0.4, 0.5) is 0 Å². The maximum absolute atomic E-state index is 11.9. The molecule has 0 atom stereocenters. The van der Waals surface area contributed by atoms with Crippen LogP contribution >= 0.6 is 27.3 Å². The Bertz CT molecular complexity index is 564. The van der Waals surface area contributed by atoms with Gasteiger partial charge in [0.15, 0.2) is 0 Å². The van der Waals surface area contributed by atoms with Crippen molar-refractivity contribution < 1.29 is 8.42 Å². The van der Waals surface area contributed by atoms with E-state index in [0.29, 0.717) is 4.47 Å². The zero-order valence-corrected chi connectivity index (χ0v) is 11.2. The Hall–Kier alpha value is -0.790. The van der Waals surface area contributed by atoms with E-state index >= 15 is 0 Å². The standard InChI is InChI=1S/C9H7BrN2O2S2/c10-7-4-11-9(12-5-7)16(13,14)6-8-2-1-3-15-8/h1-5H,6H2. The third-order valence-electron chi connectivity index (χ3n) is 1.79. The van der Waals surface area contributed by atoms with Crippen LogP contribution in [0.2, 0.25) is 0 Å². The van der Waals surface area contributed by atoms with Crippen molar-refractivity contribution in [1.29, 1.82) is 0 Å². The highest BCUT2D eigenvalue weighted by atomic mass is 79.9. The molecule has 0 unspecified atom stereocenters. The van der Waals surface area contributed by atoms with Gasteiger partial charge in [-0.3, -0.25) is 0 Å². The van der Waals surface area contributed by atoms with Crippen LogP contribution in [0.15, 0.2) is 39.5 Å². The Labute approximate surface area is 105 Å². The summed E-state index contributed by atoms with van der Waals surface area (Å²) in [5, 5.41) is 1.71. The van der Waals surface area contributed by atoms with E-state index in [9.17, 15) is 8.42 Å². The molecule has 2 aromatic heterocycles. The van der Waals surface area contributed by atoms with Crippen molar-refractivity contribution in [3.05, 3.63) is 39.3 Å². The highest BCUT2D eigenvalue weighted by Gasteiger charge is 2.18. The van der Waals surface area contributed by atoms with E-state index in [4.69, 9.17) is 0 Å². The van der Waals surface area contributed by atoms with Crippen LogP contribution in [-0.4, -0.2) is 18.4 Å². The SMILES string of the molecule is O=S(=O)(Cc1cccs1)c1ncc(Br)cn1. The smallest absolute Gasteiger partial charge is 0.226 e. The fourth-order valence-electron chi connectivity index (χ4n) is 1.11. The van der Waals surface area contributed by atoms with E-state index in [1.165, 1.54) is 23.7 Å². The highest BCUT2D eigenvalue weighted by molar-refractivity contribution is 9.10. The van der Waals surface area contributed by atoms with Crippen LogP contribution in [0.5, 0.6) is 0 Å². The largest absolute Gasteiger partial charge is 0.247 e. The van der Waals surface area contributed by atoms with Gasteiger partial charge in [-0.05, 0) is 27.4 Å². The maximum Gasteiger partial charge on any atom is 0.247 e. The van der Waals surface area contributed by atoms with Crippen molar-refractivity contribution in [2.75, 3.05) is 0 Å². The van der Waals surface area contributed by atoms with Gasteiger partial charge in [0.05, 0.1) is 10.2 Å². The number of aromatic nitrogens is 2. The number of nitrogens with zero attached hydrogens (tertiary/aromatic N) is 2. The number of rotatable bonds is 3. The lowest BCUT2D eigenvalue weighted by Crippen LogP contribution is -2.08. The molecule has 0 saturated heterocycles. The summed E-state index contributed by atoms with van der Waals surface area (Å²) in [6, 6.07) is 3.60. The van der Waals surface area contributed by atoms with E-state index in [-0.39, 0.29) is 10.9 Å². The average molecular weight is 319 g/mol. The predicted octanol–water partition coefficient (Wildman–Crippen LogP) is 2.27. The number of halogens is 1. The number of thiophene rings is 1. The quantitative estimate of drug-likeness (QED) is 0.814. The molecule has 0 aliphatic carbocycles. The fourth-order valence-corrected chi connectivity index (χ4v) is 3.57. The van der Waals surface area contributed by atoms with Gasteiger partial charge in [-0.15, -0.1) is 11.3 Å². The lowest BCUT2D eigenvalue weighted by Gasteiger charge is -2.00. The summed E-state index contributed by atoms with van der Waals surface area (Å²) in [6.07, 6.45) is 2.85. The van der Waals surface area contributed by atoms with Crippen LogP contribution in [-0.2, 0) is 15.6 Å². The summed E-state index contributed by atoms with van der Waals surface area (Å²) in [5.41, 5.74) is 0. The Kier molecular flexibility index (Phi) is 3.36. The monoisotopic (exact) mass is 318 g/mol. The predicted molar refractivity (Wildman–Crippen MR) is 64.9 cm³/mol. The van der Waals surface area contributed by atoms with Crippen molar-refractivity contribution in [3.8, 4) is 0 Å². The van der Waals surface area contributed by atoms with Gasteiger partial charge < -0.3 is 0 Å². The van der Waals surface area contributed by atoms with E-state index < -0.39 is 9.84 Å². The highest BCUT2D eigenvalue weighted by Crippen LogP contribution is 2.17. The first-order valence-corrected chi connectivity index (χ1v) is 7.63. The van der Waals surface area contributed by atoms with Crippen LogP contribution in [0.3, 0.4) is 0 Å². The Balaban J connectivity index is 2.29. The third-order valence-corrected chi connectivity index (χ3v) is 4.71. The summed E-state index contributed by atoms with van der Waals surface area (Å²) in [4.78, 5) is 8.36. The molecule has 7 heteroatoms. The molecule has 0 spiro atoms. The molecule has 2 rings (SSSR count). The second-order valence-corrected chi connectivity index (χ2v) is 6.85.